The maximum atomic E-state index is 12.0. The predicted octanol–water partition coefficient (Wildman–Crippen LogP) is 9.68. The van der Waals surface area contributed by atoms with E-state index in [2.05, 4.69) is 0 Å². The van der Waals surface area contributed by atoms with Crippen molar-refractivity contribution in [2.75, 3.05) is 0 Å². The zero-order chi connectivity index (χ0) is 32.0. The minimum atomic E-state index is 0.0793. The van der Waals surface area contributed by atoms with Crippen LogP contribution in [0.5, 0.6) is 0 Å². The summed E-state index contributed by atoms with van der Waals surface area (Å²) in [7, 11) is 0. The lowest BCUT2D eigenvalue weighted by molar-refractivity contribution is 0.103. The molecule has 0 aromatic heterocycles. The SMILES string of the molecule is Cc1ccc(C(=O)c2ccccc2)cc1.Cc1ccc(C(=O)c2ccccc2)cc1.Cc1ccc(C(=O)c2ccccc2)cc1. The van der Waals surface area contributed by atoms with Gasteiger partial charge in [0.1, 0.15) is 0 Å². The Labute approximate surface area is 265 Å². The predicted molar refractivity (Wildman–Crippen MR) is 183 cm³/mol. The molecule has 6 aromatic rings. The summed E-state index contributed by atoms with van der Waals surface area (Å²) >= 11 is 0. The highest BCUT2D eigenvalue weighted by Crippen LogP contribution is 2.12. The average Bonchev–Trinajstić information content (AvgIpc) is 3.10. The Morgan fingerprint density at radius 3 is 0.644 bits per heavy atom. The fourth-order valence-electron chi connectivity index (χ4n) is 4.38. The highest BCUT2D eigenvalue weighted by molar-refractivity contribution is 6.10. The Balaban J connectivity index is 0.000000154. The van der Waals surface area contributed by atoms with Crippen molar-refractivity contribution in [1.29, 1.82) is 0 Å². The highest BCUT2D eigenvalue weighted by Gasteiger charge is 2.09. The van der Waals surface area contributed by atoms with E-state index < -0.39 is 0 Å². The lowest BCUT2D eigenvalue weighted by Gasteiger charge is -2.00. The third kappa shape index (κ3) is 9.67. The molecule has 0 aliphatic carbocycles. The first-order valence-electron chi connectivity index (χ1n) is 14.8. The summed E-state index contributed by atoms with van der Waals surface area (Å²) in [6.07, 6.45) is 0. The summed E-state index contributed by atoms with van der Waals surface area (Å²) in [5.74, 6) is 0.238. The van der Waals surface area contributed by atoms with Crippen LogP contribution in [0.15, 0.2) is 164 Å². The molecule has 3 heteroatoms. The van der Waals surface area contributed by atoms with Gasteiger partial charge in [-0.2, -0.15) is 0 Å². The van der Waals surface area contributed by atoms with Crippen molar-refractivity contribution in [2.24, 2.45) is 0 Å². The van der Waals surface area contributed by atoms with Gasteiger partial charge in [0.15, 0.2) is 17.3 Å². The van der Waals surface area contributed by atoms with Gasteiger partial charge >= 0.3 is 0 Å². The number of carbonyl (C=O) groups is 3. The van der Waals surface area contributed by atoms with E-state index in [1.165, 1.54) is 16.7 Å². The van der Waals surface area contributed by atoms with Gasteiger partial charge in [0.2, 0.25) is 0 Å². The minimum Gasteiger partial charge on any atom is -0.289 e. The number of rotatable bonds is 6. The van der Waals surface area contributed by atoms with Crippen LogP contribution in [0.25, 0.3) is 0 Å². The van der Waals surface area contributed by atoms with E-state index in [1.54, 1.807) is 0 Å². The van der Waals surface area contributed by atoms with Crippen molar-refractivity contribution in [3.05, 3.63) is 214 Å². The van der Waals surface area contributed by atoms with Gasteiger partial charge in [-0.3, -0.25) is 14.4 Å². The number of aryl methyl sites for hydroxylation is 3. The molecule has 6 rings (SSSR count). The molecule has 0 unspecified atom stereocenters. The molecule has 0 atom stereocenters. The van der Waals surface area contributed by atoms with Crippen LogP contribution in [-0.2, 0) is 0 Å². The molecule has 0 radical (unpaired) electrons. The van der Waals surface area contributed by atoms with Crippen LogP contribution in [0.3, 0.4) is 0 Å². The maximum Gasteiger partial charge on any atom is 0.193 e. The topological polar surface area (TPSA) is 51.2 Å². The molecule has 0 saturated carbocycles. The van der Waals surface area contributed by atoms with Crippen LogP contribution < -0.4 is 0 Å². The standard InChI is InChI=1S/3C14H12O/c3*1-11-7-9-13(10-8-11)14(15)12-5-3-2-4-6-12/h3*2-10H,1H3. The van der Waals surface area contributed by atoms with Crippen molar-refractivity contribution in [3.63, 3.8) is 0 Å². The summed E-state index contributed by atoms with van der Waals surface area (Å²) in [4.78, 5) is 35.9. The van der Waals surface area contributed by atoms with Crippen molar-refractivity contribution in [2.45, 2.75) is 20.8 Å². The largest absolute Gasteiger partial charge is 0.289 e. The molecule has 0 saturated heterocycles. The van der Waals surface area contributed by atoms with Gasteiger partial charge in [-0.1, -0.05) is 180 Å². The number of carbonyl (C=O) groups excluding carboxylic acids is 3. The Kier molecular flexibility index (Phi) is 11.6. The van der Waals surface area contributed by atoms with E-state index in [1.807, 2.05) is 185 Å². The summed E-state index contributed by atoms with van der Waals surface area (Å²) in [5, 5.41) is 0. The van der Waals surface area contributed by atoms with E-state index in [-0.39, 0.29) is 17.3 Å². The lowest BCUT2D eigenvalue weighted by Crippen LogP contribution is -2.00. The van der Waals surface area contributed by atoms with Gasteiger partial charge in [0, 0.05) is 33.4 Å². The highest BCUT2D eigenvalue weighted by atomic mass is 16.1. The van der Waals surface area contributed by atoms with Crippen molar-refractivity contribution >= 4 is 17.3 Å². The first-order valence-corrected chi connectivity index (χ1v) is 14.8. The molecule has 0 aliphatic heterocycles. The van der Waals surface area contributed by atoms with Gasteiger partial charge < -0.3 is 0 Å². The van der Waals surface area contributed by atoms with Crippen LogP contribution >= 0.6 is 0 Å². The summed E-state index contributed by atoms with van der Waals surface area (Å²) < 4.78 is 0. The number of ketones is 3. The van der Waals surface area contributed by atoms with Gasteiger partial charge in [-0.15, -0.1) is 0 Å². The minimum absolute atomic E-state index is 0.0793. The first-order chi connectivity index (χ1) is 21.8. The van der Waals surface area contributed by atoms with Crippen molar-refractivity contribution in [3.8, 4) is 0 Å². The Morgan fingerprint density at radius 2 is 0.444 bits per heavy atom. The summed E-state index contributed by atoms with van der Waals surface area (Å²) in [6.45, 7) is 6.03. The monoisotopic (exact) mass is 588 g/mol. The molecule has 6 aromatic carbocycles. The maximum absolute atomic E-state index is 12.0. The quantitative estimate of drug-likeness (QED) is 0.182. The van der Waals surface area contributed by atoms with Crippen LogP contribution in [0.1, 0.15) is 64.5 Å². The molecule has 0 bridgehead atoms. The second kappa shape index (κ2) is 16.3. The smallest absolute Gasteiger partial charge is 0.193 e. The van der Waals surface area contributed by atoms with E-state index in [0.29, 0.717) is 0 Å². The first kappa shape index (κ1) is 32.2. The fourth-order valence-corrected chi connectivity index (χ4v) is 4.38. The average molecular weight is 589 g/mol. The van der Waals surface area contributed by atoms with Gasteiger partial charge in [0.25, 0.3) is 0 Å². The van der Waals surface area contributed by atoms with Gasteiger partial charge in [0.05, 0.1) is 0 Å². The lowest BCUT2D eigenvalue weighted by atomic mass is 10.0. The number of hydrogen-bond donors (Lipinski definition) is 0. The van der Waals surface area contributed by atoms with E-state index in [0.717, 1.165) is 33.4 Å². The van der Waals surface area contributed by atoms with Crippen LogP contribution in [0, 0.1) is 20.8 Å². The Morgan fingerprint density at radius 1 is 0.267 bits per heavy atom. The molecule has 0 spiro atoms. The van der Waals surface area contributed by atoms with E-state index >= 15 is 0 Å². The number of benzene rings is 6. The van der Waals surface area contributed by atoms with Crippen LogP contribution in [0.4, 0.5) is 0 Å². The fraction of sp³-hybridized carbons (Fsp3) is 0.0714. The third-order valence-electron chi connectivity index (χ3n) is 7.05. The molecule has 0 heterocycles. The zero-order valence-electron chi connectivity index (χ0n) is 25.8. The normalized spacial score (nSPS) is 9.93. The summed E-state index contributed by atoms with van der Waals surface area (Å²) in [6, 6.07) is 50.9. The van der Waals surface area contributed by atoms with Crippen LogP contribution in [0.2, 0.25) is 0 Å². The summed E-state index contributed by atoms with van der Waals surface area (Å²) in [5.41, 5.74) is 7.94. The molecule has 222 valence electrons. The van der Waals surface area contributed by atoms with Crippen molar-refractivity contribution < 1.29 is 14.4 Å². The van der Waals surface area contributed by atoms with Crippen LogP contribution in [-0.4, -0.2) is 17.3 Å². The molecule has 0 amide bonds. The molecule has 45 heavy (non-hydrogen) atoms. The molecular weight excluding hydrogens is 552 g/mol. The molecular formula is C42H36O3. The Hall–Kier alpha value is -5.67. The van der Waals surface area contributed by atoms with Gasteiger partial charge in [-0.05, 0) is 20.8 Å². The molecule has 0 fully saturated rings. The second-order valence-electron chi connectivity index (χ2n) is 10.7. The zero-order valence-corrected chi connectivity index (χ0v) is 25.8. The molecule has 0 aliphatic rings. The van der Waals surface area contributed by atoms with E-state index in [9.17, 15) is 14.4 Å². The van der Waals surface area contributed by atoms with Crippen molar-refractivity contribution in [1.82, 2.24) is 0 Å². The molecule has 3 nitrogen and oxygen atoms in total. The Bertz CT molecular complexity index is 1580. The number of hydrogen-bond acceptors (Lipinski definition) is 3. The second-order valence-corrected chi connectivity index (χ2v) is 10.7. The van der Waals surface area contributed by atoms with Gasteiger partial charge in [-0.25, -0.2) is 0 Å². The molecule has 0 N–H and O–H groups in total. The third-order valence-corrected chi connectivity index (χ3v) is 7.05. The van der Waals surface area contributed by atoms with E-state index in [4.69, 9.17) is 0 Å².